The molecule has 0 saturated heterocycles. The third kappa shape index (κ3) is 3.60. The van der Waals surface area contributed by atoms with Crippen molar-refractivity contribution < 1.29 is 9.59 Å². The van der Waals surface area contributed by atoms with Crippen molar-refractivity contribution in [1.29, 1.82) is 0 Å². The molecule has 3 N–H and O–H groups in total. The van der Waals surface area contributed by atoms with Gasteiger partial charge in [-0.1, -0.05) is 0 Å². The lowest BCUT2D eigenvalue weighted by atomic mass is 10.2. The van der Waals surface area contributed by atoms with Crippen molar-refractivity contribution in [2.75, 3.05) is 14.1 Å². The fourth-order valence-electron chi connectivity index (χ4n) is 2.32. The van der Waals surface area contributed by atoms with Gasteiger partial charge in [-0.05, 0) is 26.0 Å². The first-order chi connectivity index (χ1) is 11.3. The van der Waals surface area contributed by atoms with E-state index in [0.29, 0.717) is 17.8 Å². The molecule has 0 radical (unpaired) electrons. The number of pyridine rings is 1. The quantitative estimate of drug-likeness (QED) is 0.863. The van der Waals surface area contributed by atoms with Gasteiger partial charge in [0.1, 0.15) is 0 Å². The minimum atomic E-state index is -0.252. The summed E-state index contributed by atoms with van der Waals surface area (Å²) in [6, 6.07) is 3.05. The Labute approximate surface area is 140 Å². The monoisotopic (exact) mass is 330 g/mol. The Hall–Kier alpha value is -2.74. The summed E-state index contributed by atoms with van der Waals surface area (Å²) in [6.07, 6.45) is 1.54. The summed E-state index contributed by atoms with van der Waals surface area (Å²) in [7, 11) is 3.31. The number of hydrogen-bond acceptors (Lipinski definition) is 5. The summed E-state index contributed by atoms with van der Waals surface area (Å²) in [5.74, 6) is -0.252. The molecule has 0 fully saturated rings. The van der Waals surface area contributed by atoms with Gasteiger partial charge in [0.15, 0.2) is 0 Å². The molecule has 128 valence electrons. The zero-order valence-corrected chi connectivity index (χ0v) is 14.3. The molecule has 2 rings (SSSR count). The molecule has 24 heavy (non-hydrogen) atoms. The summed E-state index contributed by atoms with van der Waals surface area (Å²) in [4.78, 5) is 29.9. The van der Waals surface area contributed by atoms with Crippen molar-refractivity contribution in [1.82, 2.24) is 25.0 Å². The number of rotatable bonds is 4. The Balaban J connectivity index is 2.22. The van der Waals surface area contributed by atoms with Gasteiger partial charge in [-0.3, -0.25) is 9.78 Å². The molecule has 0 bridgehead atoms. The molecular weight excluding hydrogens is 308 g/mol. The van der Waals surface area contributed by atoms with E-state index in [1.807, 2.05) is 13.8 Å². The van der Waals surface area contributed by atoms with E-state index in [4.69, 9.17) is 5.73 Å². The topological polar surface area (TPSA) is 106 Å². The van der Waals surface area contributed by atoms with Gasteiger partial charge in [-0.2, -0.15) is 5.10 Å². The molecule has 8 nitrogen and oxygen atoms in total. The van der Waals surface area contributed by atoms with Gasteiger partial charge in [0.25, 0.3) is 5.91 Å². The van der Waals surface area contributed by atoms with E-state index in [0.717, 1.165) is 17.0 Å². The lowest BCUT2D eigenvalue weighted by molar-refractivity contribution is 0.0942. The van der Waals surface area contributed by atoms with E-state index in [9.17, 15) is 9.59 Å². The van der Waals surface area contributed by atoms with Gasteiger partial charge in [-0.25, -0.2) is 9.48 Å². The van der Waals surface area contributed by atoms with E-state index in [2.05, 4.69) is 15.4 Å². The van der Waals surface area contributed by atoms with E-state index < -0.39 is 0 Å². The van der Waals surface area contributed by atoms with Gasteiger partial charge >= 0.3 is 6.03 Å². The number of urea groups is 1. The third-order valence-corrected chi connectivity index (χ3v) is 3.73. The highest BCUT2D eigenvalue weighted by Gasteiger charge is 2.17. The summed E-state index contributed by atoms with van der Waals surface area (Å²) in [5, 5.41) is 6.99. The SMILES string of the molecule is Cc1nn(C(=O)c2ccnc(CNC(=O)N(C)C)c2)c(C)c1CN. The van der Waals surface area contributed by atoms with E-state index >= 15 is 0 Å². The lowest BCUT2D eigenvalue weighted by Crippen LogP contribution is -2.34. The van der Waals surface area contributed by atoms with Gasteiger partial charge in [0.05, 0.1) is 17.9 Å². The molecule has 0 aromatic carbocycles. The predicted molar refractivity (Wildman–Crippen MR) is 89.5 cm³/mol. The van der Waals surface area contributed by atoms with Crippen LogP contribution in [0.2, 0.25) is 0 Å². The smallest absolute Gasteiger partial charge is 0.317 e. The summed E-state index contributed by atoms with van der Waals surface area (Å²) < 4.78 is 1.36. The molecule has 0 saturated carbocycles. The summed E-state index contributed by atoms with van der Waals surface area (Å²) >= 11 is 0. The van der Waals surface area contributed by atoms with Crippen LogP contribution in [-0.2, 0) is 13.1 Å². The van der Waals surface area contributed by atoms with Crippen LogP contribution in [0.5, 0.6) is 0 Å². The van der Waals surface area contributed by atoms with E-state index in [1.165, 1.54) is 9.58 Å². The molecule has 0 aliphatic rings. The highest BCUT2D eigenvalue weighted by atomic mass is 16.2. The van der Waals surface area contributed by atoms with Crippen LogP contribution >= 0.6 is 0 Å². The van der Waals surface area contributed by atoms with E-state index in [-0.39, 0.29) is 18.5 Å². The number of aryl methyl sites for hydroxylation is 1. The first-order valence-corrected chi connectivity index (χ1v) is 7.55. The summed E-state index contributed by atoms with van der Waals surface area (Å²) in [6.45, 7) is 4.22. The highest BCUT2D eigenvalue weighted by molar-refractivity contribution is 5.96. The molecule has 2 heterocycles. The normalized spacial score (nSPS) is 10.5. The molecule has 8 heteroatoms. The number of nitrogens with one attached hydrogen (secondary N) is 1. The standard InChI is InChI=1S/C16H22N6O2/c1-10-14(8-17)11(2)22(20-10)15(23)12-5-6-18-13(7-12)9-19-16(24)21(3)4/h5-7H,8-9,17H2,1-4H3,(H,19,24). The van der Waals surface area contributed by atoms with Crippen molar-refractivity contribution in [3.63, 3.8) is 0 Å². The molecule has 2 aromatic rings. The Morgan fingerprint density at radius 2 is 2.04 bits per heavy atom. The maximum absolute atomic E-state index is 12.7. The van der Waals surface area contributed by atoms with Crippen molar-refractivity contribution in [3.05, 3.63) is 46.5 Å². The largest absolute Gasteiger partial charge is 0.332 e. The van der Waals surface area contributed by atoms with Crippen LogP contribution in [0.15, 0.2) is 18.3 Å². The minimum Gasteiger partial charge on any atom is -0.332 e. The van der Waals surface area contributed by atoms with Gasteiger partial charge in [0.2, 0.25) is 0 Å². The molecular formula is C16H22N6O2. The lowest BCUT2D eigenvalue weighted by Gasteiger charge is -2.12. The van der Waals surface area contributed by atoms with Gasteiger partial charge in [0, 0.05) is 43.7 Å². The molecule has 0 aliphatic heterocycles. The van der Waals surface area contributed by atoms with Crippen LogP contribution in [0.1, 0.15) is 33.0 Å². The van der Waals surface area contributed by atoms with Crippen LogP contribution in [0.4, 0.5) is 4.79 Å². The van der Waals surface area contributed by atoms with Crippen molar-refractivity contribution in [2.45, 2.75) is 26.9 Å². The molecule has 2 aromatic heterocycles. The second-order valence-electron chi connectivity index (χ2n) is 5.66. The maximum Gasteiger partial charge on any atom is 0.317 e. The summed E-state index contributed by atoms with van der Waals surface area (Å²) in [5.41, 5.74) is 9.10. The minimum absolute atomic E-state index is 0.223. The van der Waals surface area contributed by atoms with Crippen molar-refractivity contribution in [3.8, 4) is 0 Å². The van der Waals surface area contributed by atoms with Crippen molar-refractivity contribution in [2.24, 2.45) is 5.73 Å². The number of carbonyl (C=O) groups excluding carboxylic acids is 2. The molecule has 2 amide bonds. The number of hydrogen-bond donors (Lipinski definition) is 2. The molecule has 0 spiro atoms. The van der Waals surface area contributed by atoms with Crippen molar-refractivity contribution >= 4 is 11.9 Å². The molecule has 0 aliphatic carbocycles. The van der Waals surface area contributed by atoms with Crippen LogP contribution < -0.4 is 11.1 Å². The second kappa shape index (κ2) is 7.22. The van der Waals surface area contributed by atoms with Gasteiger partial charge in [-0.15, -0.1) is 0 Å². The average molecular weight is 330 g/mol. The third-order valence-electron chi connectivity index (χ3n) is 3.73. The van der Waals surface area contributed by atoms with Crippen LogP contribution in [0, 0.1) is 13.8 Å². The Kier molecular flexibility index (Phi) is 5.30. The van der Waals surface area contributed by atoms with Crippen LogP contribution in [0.25, 0.3) is 0 Å². The first-order valence-electron chi connectivity index (χ1n) is 7.55. The second-order valence-corrected chi connectivity index (χ2v) is 5.66. The number of amides is 2. The van der Waals surface area contributed by atoms with Crippen LogP contribution in [0.3, 0.4) is 0 Å². The zero-order valence-electron chi connectivity index (χ0n) is 14.3. The molecule has 0 unspecified atom stereocenters. The fourth-order valence-corrected chi connectivity index (χ4v) is 2.32. The van der Waals surface area contributed by atoms with Crippen LogP contribution in [-0.4, -0.2) is 45.7 Å². The Morgan fingerprint density at radius 3 is 2.62 bits per heavy atom. The number of nitrogens with two attached hydrogens (primary N) is 1. The number of aromatic nitrogens is 3. The predicted octanol–water partition coefficient (Wildman–Crippen LogP) is 0.813. The Morgan fingerprint density at radius 1 is 1.33 bits per heavy atom. The zero-order chi connectivity index (χ0) is 17.9. The fraction of sp³-hybridized carbons (Fsp3) is 0.375. The average Bonchev–Trinajstić information content (AvgIpc) is 2.85. The van der Waals surface area contributed by atoms with Gasteiger partial charge < -0.3 is 16.0 Å². The number of carbonyl (C=O) groups is 2. The highest BCUT2D eigenvalue weighted by Crippen LogP contribution is 2.14. The maximum atomic E-state index is 12.7. The number of nitrogens with zero attached hydrogens (tertiary/aromatic N) is 4. The Bertz CT molecular complexity index is 766. The molecule has 0 atom stereocenters. The first kappa shape index (κ1) is 17.6. The van der Waals surface area contributed by atoms with E-state index in [1.54, 1.807) is 32.4 Å².